The van der Waals surface area contributed by atoms with Crippen LogP contribution in [0.1, 0.15) is 43.0 Å². The van der Waals surface area contributed by atoms with Gasteiger partial charge in [0, 0.05) is 18.9 Å². The van der Waals surface area contributed by atoms with Gasteiger partial charge in [-0.25, -0.2) is 0 Å². The smallest absolute Gasteiger partial charge is 0.252 e. The van der Waals surface area contributed by atoms with Gasteiger partial charge in [0.2, 0.25) is 0 Å². The molecule has 0 saturated heterocycles. The Kier molecular flexibility index (Phi) is 5.44. The molecule has 1 rings (SSSR count). The highest BCUT2D eigenvalue weighted by molar-refractivity contribution is 5.93. The molecule has 0 aliphatic rings. The zero-order valence-electron chi connectivity index (χ0n) is 9.20. The largest absolute Gasteiger partial charge is 0.352 e. The number of unbranched alkanes of at least 4 members (excludes halogenated alkanes) is 3. The van der Waals surface area contributed by atoms with Gasteiger partial charge in [0.25, 0.3) is 5.91 Å². The van der Waals surface area contributed by atoms with E-state index in [1.807, 2.05) is 0 Å². The van der Waals surface area contributed by atoms with Crippen LogP contribution in [0.15, 0.2) is 24.5 Å². The molecular weight excluding hydrogens is 188 g/mol. The number of carbonyl (C=O) groups excluding carboxylic acids is 1. The molecule has 82 valence electrons. The predicted octanol–water partition coefficient (Wildman–Crippen LogP) is 2.39. The molecule has 1 aromatic rings. The summed E-state index contributed by atoms with van der Waals surface area (Å²) in [6.45, 7) is 2.93. The van der Waals surface area contributed by atoms with Crippen LogP contribution in [-0.2, 0) is 0 Å². The Balaban J connectivity index is 2.20. The maximum Gasteiger partial charge on any atom is 0.252 e. The van der Waals surface area contributed by atoms with Gasteiger partial charge >= 0.3 is 0 Å². The summed E-state index contributed by atoms with van der Waals surface area (Å²) in [6.07, 6.45) is 7.95. The van der Waals surface area contributed by atoms with Crippen LogP contribution in [0.4, 0.5) is 0 Å². The van der Waals surface area contributed by atoms with E-state index in [0.29, 0.717) is 5.56 Å². The standard InChI is InChI=1S/C12H18N2O/c1-2-3-4-5-9-14-12(15)11-7-6-8-13-10-11/h6-8,10H,2-5,9H2,1H3,(H,14,15). The van der Waals surface area contributed by atoms with Crippen LogP contribution in [0.3, 0.4) is 0 Å². The molecule has 0 aromatic carbocycles. The van der Waals surface area contributed by atoms with Gasteiger partial charge in [0.1, 0.15) is 0 Å². The highest BCUT2D eigenvalue weighted by Gasteiger charge is 2.02. The number of rotatable bonds is 6. The Bertz CT molecular complexity index is 285. The summed E-state index contributed by atoms with van der Waals surface area (Å²) < 4.78 is 0. The quantitative estimate of drug-likeness (QED) is 0.726. The number of nitrogens with one attached hydrogen (secondary N) is 1. The van der Waals surface area contributed by atoms with Crippen molar-refractivity contribution in [1.82, 2.24) is 10.3 Å². The van der Waals surface area contributed by atoms with Crippen LogP contribution in [0.5, 0.6) is 0 Å². The van der Waals surface area contributed by atoms with Gasteiger partial charge in [-0.2, -0.15) is 0 Å². The minimum absolute atomic E-state index is 0.0281. The number of hydrogen-bond donors (Lipinski definition) is 1. The molecule has 0 bridgehead atoms. The minimum Gasteiger partial charge on any atom is -0.352 e. The molecule has 1 amide bonds. The lowest BCUT2D eigenvalue weighted by atomic mass is 10.2. The molecule has 0 aliphatic carbocycles. The first-order chi connectivity index (χ1) is 7.34. The van der Waals surface area contributed by atoms with E-state index < -0.39 is 0 Å². The van der Waals surface area contributed by atoms with E-state index in [9.17, 15) is 4.79 Å². The van der Waals surface area contributed by atoms with Crippen molar-refractivity contribution in [3.05, 3.63) is 30.1 Å². The third-order valence-corrected chi connectivity index (χ3v) is 2.24. The van der Waals surface area contributed by atoms with E-state index in [1.54, 1.807) is 24.5 Å². The summed E-state index contributed by atoms with van der Waals surface area (Å²) in [5.74, 6) is -0.0281. The number of pyridine rings is 1. The molecule has 15 heavy (non-hydrogen) atoms. The fourth-order valence-electron chi connectivity index (χ4n) is 1.35. The fraction of sp³-hybridized carbons (Fsp3) is 0.500. The molecule has 3 heteroatoms. The molecule has 1 heterocycles. The monoisotopic (exact) mass is 206 g/mol. The molecule has 0 unspecified atom stereocenters. The molecule has 0 spiro atoms. The van der Waals surface area contributed by atoms with E-state index in [-0.39, 0.29) is 5.91 Å². The minimum atomic E-state index is -0.0281. The lowest BCUT2D eigenvalue weighted by Gasteiger charge is -2.03. The molecule has 1 N–H and O–H groups in total. The Morgan fingerprint density at radius 2 is 2.27 bits per heavy atom. The van der Waals surface area contributed by atoms with Crippen molar-refractivity contribution in [2.24, 2.45) is 0 Å². The second-order valence-corrected chi connectivity index (χ2v) is 3.56. The first-order valence-corrected chi connectivity index (χ1v) is 5.53. The van der Waals surface area contributed by atoms with Crippen LogP contribution in [0.25, 0.3) is 0 Å². The Morgan fingerprint density at radius 3 is 2.93 bits per heavy atom. The number of nitrogens with zero attached hydrogens (tertiary/aromatic N) is 1. The fourth-order valence-corrected chi connectivity index (χ4v) is 1.35. The second kappa shape index (κ2) is 6.98. The van der Waals surface area contributed by atoms with E-state index in [0.717, 1.165) is 13.0 Å². The van der Waals surface area contributed by atoms with Gasteiger partial charge in [-0.3, -0.25) is 9.78 Å². The van der Waals surface area contributed by atoms with Crippen molar-refractivity contribution in [2.75, 3.05) is 6.54 Å². The first-order valence-electron chi connectivity index (χ1n) is 5.53. The van der Waals surface area contributed by atoms with Crippen LogP contribution >= 0.6 is 0 Å². The van der Waals surface area contributed by atoms with Crippen molar-refractivity contribution in [1.29, 1.82) is 0 Å². The summed E-state index contributed by atoms with van der Waals surface area (Å²) in [4.78, 5) is 15.4. The molecule has 3 nitrogen and oxygen atoms in total. The van der Waals surface area contributed by atoms with E-state index in [1.165, 1.54) is 19.3 Å². The van der Waals surface area contributed by atoms with Gasteiger partial charge in [-0.15, -0.1) is 0 Å². The third kappa shape index (κ3) is 4.58. The SMILES string of the molecule is CCCCCCNC(=O)c1cccnc1. The van der Waals surface area contributed by atoms with Gasteiger partial charge in [-0.05, 0) is 18.6 Å². The van der Waals surface area contributed by atoms with Crippen LogP contribution in [0.2, 0.25) is 0 Å². The lowest BCUT2D eigenvalue weighted by Crippen LogP contribution is -2.24. The molecule has 1 aromatic heterocycles. The third-order valence-electron chi connectivity index (χ3n) is 2.24. The topological polar surface area (TPSA) is 42.0 Å². The van der Waals surface area contributed by atoms with Gasteiger partial charge in [-0.1, -0.05) is 26.2 Å². The highest BCUT2D eigenvalue weighted by Crippen LogP contribution is 1.98. The summed E-state index contributed by atoms with van der Waals surface area (Å²) in [7, 11) is 0. The van der Waals surface area contributed by atoms with Crippen molar-refractivity contribution < 1.29 is 4.79 Å². The second-order valence-electron chi connectivity index (χ2n) is 3.56. The zero-order chi connectivity index (χ0) is 10.9. The molecular formula is C12H18N2O. The average molecular weight is 206 g/mol. The van der Waals surface area contributed by atoms with E-state index in [2.05, 4.69) is 17.2 Å². The number of aromatic nitrogens is 1. The molecule has 0 radical (unpaired) electrons. The van der Waals surface area contributed by atoms with Gasteiger partial charge < -0.3 is 5.32 Å². The molecule has 0 fully saturated rings. The van der Waals surface area contributed by atoms with E-state index >= 15 is 0 Å². The van der Waals surface area contributed by atoms with E-state index in [4.69, 9.17) is 0 Å². The molecule has 0 saturated carbocycles. The maximum absolute atomic E-state index is 11.5. The Labute approximate surface area is 90.9 Å². The average Bonchev–Trinajstić information content (AvgIpc) is 2.30. The zero-order valence-corrected chi connectivity index (χ0v) is 9.20. The number of amides is 1. The number of carbonyl (C=O) groups is 1. The Morgan fingerprint density at radius 1 is 1.40 bits per heavy atom. The summed E-state index contributed by atoms with van der Waals surface area (Å²) in [5.41, 5.74) is 0.632. The summed E-state index contributed by atoms with van der Waals surface area (Å²) >= 11 is 0. The van der Waals surface area contributed by atoms with Crippen LogP contribution < -0.4 is 5.32 Å². The maximum atomic E-state index is 11.5. The van der Waals surface area contributed by atoms with Gasteiger partial charge in [0.15, 0.2) is 0 Å². The lowest BCUT2D eigenvalue weighted by molar-refractivity contribution is 0.0952. The molecule has 0 aliphatic heterocycles. The predicted molar refractivity (Wildman–Crippen MR) is 60.7 cm³/mol. The highest BCUT2D eigenvalue weighted by atomic mass is 16.1. The van der Waals surface area contributed by atoms with Crippen LogP contribution in [-0.4, -0.2) is 17.4 Å². The van der Waals surface area contributed by atoms with Crippen LogP contribution in [0, 0.1) is 0 Å². The van der Waals surface area contributed by atoms with Crippen molar-refractivity contribution in [3.63, 3.8) is 0 Å². The normalized spacial score (nSPS) is 9.93. The van der Waals surface area contributed by atoms with Gasteiger partial charge in [0.05, 0.1) is 5.56 Å². The van der Waals surface area contributed by atoms with Crippen molar-refractivity contribution in [3.8, 4) is 0 Å². The van der Waals surface area contributed by atoms with Crippen molar-refractivity contribution in [2.45, 2.75) is 32.6 Å². The first kappa shape index (κ1) is 11.7. The molecule has 0 atom stereocenters. The van der Waals surface area contributed by atoms with Crippen molar-refractivity contribution >= 4 is 5.91 Å². The summed E-state index contributed by atoms with van der Waals surface area (Å²) in [6, 6.07) is 3.54. The number of hydrogen-bond acceptors (Lipinski definition) is 2. The summed E-state index contributed by atoms with van der Waals surface area (Å²) in [5, 5.41) is 2.88. The Hall–Kier alpha value is -1.38.